The number of nitrogens with zero attached hydrogens (tertiary/aromatic N) is 2. The van der Waals surface area contributed by atoms with Gasteiger partial charge < -0.3 is 9.84 Å². The number of rotatable bonds is 8. The maximum absolute atomic E-state index is 12.4. The van der Waals surface area contributed by atoms with Gasteiger partial charge in [0, 0.05) is 19.8 Å². The summed E-state index contributed by atoms with van der Waals surface area (Å²) in [6.07, 6.45) is 0.596. The zero-order valence-corrected chi connectivity index (χ0v) is 13.2. The first kappa shape index (κ1) is 17.1. The molecule has 20 heavy (non-hydrogen) atoms. The molecule has 0 saturated carbocycles. The molecular weight excluding hydrogens is 282 g/mol. The summed E-state index contributed by atoms with van der Waals surface area (Å²) < 4.78 is 33.9. The molecule has 0 radical (unpaired) electrons. The molecule has 8 heteroatoms. The number of hydrogen-bond acceptors (Lipinski definition) is 5. The summed E-state index contributed by atoms with van der Waals surface area (Å²) >= 11 is 0. The van der Waals surface area contributed by atoms with Gasteiger partial charge in [0.15, 0.2) is 0 Å². The molecule has 0 saturated heterocycles. The SMILES string of the molecule is COCCC(C)NS(=O)(=O)c1c(C)nn(CCO)c1C. The van der Waals surface area contributed by atoms with E-state index in [1.54, 1.807) is 27.9 Å². The average molecular weight is 305 g/mol. The van der Waals surface area contributed by atoms with Crippen LogP contribution < -0.4 is 4.72 Å². The lowest BCUT2D eigenvalue weighted by molar-refractivity contribution is 0.188. The Morgan fingerprint density at radius 2 is 2.10 bits per heavy atom. The smallest absolute Gasteiger partial charge is 0.244 e. The number of aromatic nitrogens is 2. The highest BCUT2D eigenvalue weighted by atomic mass is 32.2. The standard InChI is InChI=1S/C12H23N3O4S/c1-9(5-8-19-4)14-20(17,18)12-10(2)13-15(6-7-16)11(12)3/h9,14,16H,5-8H2,1-4H3. The quantitative estimate of drug-likeness (QED) is 0.715. The van der Waals surface area contributed by atoms with Gasteiger partial charge in [0.25, 0.3) is 0 Å². The zero-order chi connectivity index (χ0) is 15.3. The van der Waals surface area contributed by atoms with Crippen LogP contribution in [0.4, 0.5) is 0 Å². The monoisotopic (exact) mass is 305 g/mol. The van der Waals surface area contributed by atoms with Gasteiger partial charge in [-0.05, 0) is 27.2 Å². The molecule has 0 spiro atoms. The van der Waals surface area contributed by atoms with Crippen LogP contribution in [0.15, 0.2) is 4.90 Å². The highest BCUT2D eigenvalue weighted by Gasteiger charge is 2.25. The maximum atomic E-state index is 12.4. The molecule has 1 unspecified atom stereocenters. The van der Waals surface area contributed by atoms with E-state index in [9.17, 15) is 8.42 Å². The molecule has 116 valence electrons. The Bertz CT molecular complexity index is 539. The van der Waals surface area contributed by atoms with Gasteiger partial charge in [0.2, 0.25) is 10.0 Å². The van der Waals surface area contributed by atoms with Crippen LogP contribution in [0.25, 0.3) is 0 Å². The van der Waals surface area contributed by atoms with Crippen LogP contribution in [0.2, 0.25) is 0 Å². The van der Waals surface area contributed by atoms with Gasteiger partial charge in [-0.25, -0.2) is 13.1 Å². The molecule has 1 heterocycles. The van der Waals surface area contributed by atoms with Crippen LogP contribution >= 0.6 is 0 Å². The first-order chi connectivity index (χ1) is 9.33. The lowest BCUT2D eigenvalue weighted by Gasteiger charge is -2.14. The van der Waals surface area contributed by atoms with Crippen molar-refractivity contribution in [1.29, 1.82) is 0 Å². The lowest BCUT2D eigenvalue weighted by Crippen LogP contribution is -2.34. The van der Waals surface area contributed by atoms with Crippen molar-refractivity contribution >= 4 is 10.0 Å². The minimum Gasteiger partial charge on any atom is -0.394 e. The van der Waals surface area contributed by atoms with E-state index in [0.29, 0.717) is 24.4 Å². The van der Waals surface area contributed by atoms with Crippen molar-refractivity contribution in [3.8, 4) is 0 Å². The first-order valence-corrected chi connectivity index (χ1v) is 7.98. The molecule has 0 aliphatic carbocycles. The van der Waals surface area contributed by atoms with Crippen molar-refractivity contribution in [1.82, 2.24) is 14.5 Å². The van der Waals surface area contributed by atoms with E-state index >= 15 is 0 Å². The van der Waals surface area contributed by atoms with Crippen molar-refractivity contribution in [3.63, 3.8) is 0 Å². The molecule has 1 rings (SSSR count). The maximum Gasteiger partial charge on any atom is 0.244 e. The van der Waals surface area contributed by atoms with E-state index in [-0.39, 0.29) is 24.1 Å². The molecule has 0 fully saturated rings. The Labute approximate surface area is 120 Å². The predicted octanol–water partition coefficient (Wildman–Crippen LogP) is 0.196. The van der Waals surface area contributed by atoms with E-state index in [1.807, 2.05) is 0 Å². The molecule has 7 nitrogen and oxygen atoms in total. The third-order valence-corrected chi connectivity index (χ3v) is 4.85. The number of hydrogen-bond donors (Lipinski definition) is 2. The van der Waals surface area contributed by atoms with Crippen molar-refractivity contribution in [2.24, 2.45) is 0 Å². The van der Waals surface area contributed by atoms with E-state index in [2.05, 4.69) is 9.82 Å². The van der Waals surface area contributed by atoms with Crippen LogP contribution in [0.3, 0.4) is 0 Å². The third kappa shape index (κ3) is 4.02. The Balaban J connectivity index is 2.98. The molecule has 0 aliphatic rings. The topological polar surface area (TPSA) is 93.5 Å². The van der Waals surface area contributed by atoms with E-state index in [1.165, 1.54) is 4.68 Å². The second-order valence-corrected chi connectivity index (χ2v) is 6.40. The summed E-state index contributed by atoms with van der Waals surface area (Å²) in [5.41, 5.74) is 0.963. The summed E-state index contributed by atoms with van der Waals surface area (Å²) in [6.45, 7) is 5.81. The van der Waals surface area contributed by atoms with E-state index in [0.717, 1.165) is 0 Å². The van der Waals surface area contributed by atoms with Crippen LogP contribution in [-0.4, -0.2) is 49.7 Å². The highest BCUT2D eigenvalue weighted by Crippen LogP contribution is 2.19. The minimum absolute atomic E-state index is 0.0842. The fraction of sp³-hybridized carbons (Fsp3) is 0.750. The summed E-state index contributed by atoms with van der Waals surface area (Å²) in [7, 11) is -2.04. The first-order valence-electron chi connectivity index (χ1n) is 6.49. The minimum atomic E-state index is -3.62. The molecule has 1 atom stereocenters. The zero-order valence-electron chi connectivity index (χ0n) is 12.4. The van der Waals surface area contributed by atoms with Gasteiger partial charge in [0.1, 0.15) is 4.90 Å². The van der Waals surface area contributed by atoms with Gasteiger partial charge in [-0.2, -0.15) is 5.10 Å². The van der Waals surface area contributed by atoms with Crippen LogP contribution in [0.1, 0.15) is 24.7 Å². The molecule has 2 N–H and O–H groups in total. The molecule has 0 bridgehead atoms. The van der Waals surface area contributed by atoms with Crippen molar-refractivity contribution in [2.45, 2.75) is 44.7 Å². The van der Waals surface area contributed by atoms with Crippen LogP contribution in [0, 0.1) is 13.8 Å². The number of nitrogens with one attached hydrogen (secondary N) is 1. The summed E-state index contributed by atoms with van der Waals surface area (Å²) in [6, 6.07) is -0.222. The normalized spacial score (nSPS) is 13.7. The molecule has 1 aromatic rings. The number of aliphatic hydroxyl groups excluding tert-OH is 1. The molecule has 0 amide bonds. The summed E-state index contributed by atoms with van der Waals surface area (Å²) in [4.78, 5) is 0.190. The largest absolute Gasteiger partial charge is 0.394 e. The van der Waals surface area contributed by atoms with Gasteiger partial charge in [-0.1, -0.05) is 0 Å². The second-order valence-electron chi connectivity index (χ2n) is 4.75. The Hall–Kier alpha value is -0.960. The third-order valence-electron chi connectivity index (χ3n) is 3.01. The highest BCUT2D eigenvalue weighted by molar-refractivity contribution is 7.89. The Morgan fingerprint density at radius 3 is 2.65 bits per heavy atom. The van der Waals surface area contributed by atoms with Gasteiger partial charge >= 0.3 is 0 Å². The average Bonchev–Trinajstić information content (AvgIpc) is 2.62. The number of aliphatic hydroxyl groups is 1. The number of aryl methyl sites for hydroxylation is 1. The molecule has 0 aliphatic heterocycles. The van der Waals surface area contributed by atoms with Gasteiger partial charge in [-0.3, -0.25) is 4.68 Å². The second kappa shape index (κ2) is 7.16. The van der Waals surface area contributed by atoms with Crippen LogP contribution in [0.5, 0.6) is 0 Å². The number of methoxy groups -OCH3 is 1. The molecule has 1 aromatic heterocycles. The van der Waals surface area contributed by atoms with Gasteiger partial charge in [0.05, 0.1) is 24.5 Å². The van der Waals surface area contributed by atoms with E-state index in [4.69, 9.17) is 9.84 Å². The molecule has 0 aromatic carbocycles. The Kier molecular flexibility index (Phi) is 6.12. The van der Waals surface area contributed by atoms with Crippen molar-refractivity contribution in [3.05, 3.63) is 11.4 Å². The van der Waals surface area contributed by atoms with Crippen molar-refractivity contribution in [2.75, 3.05) is 20.3 Å². The lowest BCUT2D eigenvalue weighted by atomic mass is 10.3. The number of ether oxygens (including phenoxy) is 1. The summed E-state index contributed by atoms with van der Waals surface area (Å²) in [5, 5.41) is 13.1. The fourth-order valence-corrected chi connectivity index (χ4v) is 3.75. The predicted molar refractivity (Wildman–Crippen MR) is 75.1 cm³/mol. The van der Waals surface area contributed by atoms with E-state index < -0.39 is 10.0 Å². The molecular formula is C12H23N3O4S. The van der Waals surface area contributed by atoms with Crippen molar-refractivity contribution < 1.29 is 18.3 Å². The van der Waals surface area contributed by atoms with Gasteiger partial charge in [-0.15, -0.1) is 0 Å². The number of sulfonamides is 1. The fourth-order valence-electron chi connectivity index (χ4n) is 2.06. The summed E-state index contributed by atoms with van der Waals surface area (Å²) in [5.74, 6) is 0. The Morgan fingerprint density at radius 1 is 1.45 bits per heavy atom. The van der Waals surface area contributed by atoms with Crippen LogP contribution in [-0.2, 0) is 21.3 Å².